The number of nitrogens with two attached hydrogens (primary N) is 1. The molecule has 0 saturated heterocycles. The minimum absolute atomic E-state index is 0.0429. The van der Waals surface area contributed by atoms with E-state index < -0.39 is 0 Å². The van der Waals surface area contributed by atoms with E-state index >= 15 is 0 Å². The number of benzene rings is 1. The van der Waals surface area contributed by atoms with Gasteiger partial charge in [-0.2, -0.15) is 0 Å². The predicted molar refractivity (Wildman–Crippen MR) is 73.2 cm³/mol. The summed E-state index contributed by atoms with van der Waals surface area (Å²) < 4.78 is 13.6. The zero-order valence-electron chi connectivity index (χ0n) is 10.7. The summed E-state index contributed by atoms with van der Waals surface area (Å²) in [4.78, 5) is 11.4. The first-order valence-electron chi connectivity index (χ1n) is 6.54. The van der Waals surface area contributed by atoms with Crippen LogP contribution in [0.4, 0.5) is 4.39 Å². The van der Waals surface area contributed by atoms with Crippen molar-refractivity contribution < 1.29 is 9.18 Å². The van der Waals surface area contributed by atoms with E-state index in [1.807, 2.05) is 0 Å². The molecule has 5 heteroatoms. The Morgan fingerprint density at radius 1 is 1.42 bits per heavy atom. The third-order valence-electron chi connectivity index (χ3n) is 3.70. The lowest BCUT2D eigenvalue weighted by Crippen LogP contribution is -2.44. The lowest BCUT2D eigenvalue weighted by molar-refractivity contribution is -0.123. The van der Waals surface area contributed by atoms with Crippen molar-refractivity contribution in [1.29, 1.82) is 0 Å². The molecule has 1 amide bonds. The molecule has 1 aliphatic carbocycles. The summed E-state index contributed by atoms with van der Waals surface area (Å²) in [5.74, 6) is -0.746. The number of primary amides is 1. The van der Waals surface area contributed by atoms with Crippen LogP contribution in [-0.4, -0.2) is 11.9 Å². The zero-order chi connectivity index (χ0) is 13.8. The number of halogens is 2. The second-order valence-electron chi connectivity index (χ2n) is 5.02. The molecule has 3 nitrogen and oxygen atoms in total. The number of nitrogens with one attached hydrogen (secondary N) is 1. The van der Waals surface area contributed by atoms with Crippen molar-refractivity contribution in [3.63, 3.8) is 0 Å². The lowest BCUT2D eigenvalue weighted by Gasteiger charge is -2.30. The summed E-state index contributed by atoms with van der Waals surface area (Å²) >= 11 is 5.71. The normalized spacial score (nSPS) is 23.3. The average molecular weight is 285 g/mol. The molecule has 0 bridgehead atoms. The second-order valence-corrected chi connectivity index (χ2v) is 5.45. The van der Waals surface area contributed by atoms with Gasteiger partial charge in [-0.05, 0) is 25.0 Å². The van der Waals surface area contributed by atoms with E-state index in [9.17, 15) is 9.18 Å². The standard InChI is InChI=1S/C14H18ClFN2O/c15-10-6-5-9(12(16)7-10)8-18-13-4-2-1-3-11(13)14(17)19/h5-7,11,13,18H,1-4,8H2,(H2,17,19)/t11-,13+/m1/s1. The Morgan fingerprint density at radius 3 is 2.84 bits per heavy atom. The molecule has 2 rings (SSSR count). The number of rotatable bonds is 4. The van der Waals surface area contributed by atoms with Gasteiger partial charge in [-0.15, -0.1) is 0 Å². The van der Waals surface area contributed by atoms with Crippen LogP contribution in [0.25, 0.3) is 0 Å². The molecule has 3 N–H and O–H groups in total. The zero-order valence-corrected chi connectivity index (χ0v) is 11.4. The van der Waals surface area contributed by atoms with Gasteiger partial charge in [-0.3, -0.25) is 4.79 Å². The first-order valence-corrected chi connectivity index (χ1v) is 6.92. The maximum absolute atomic E-state index is 13.6. The minimum atomic E-state index is -0.327. The molecule has 0 heterocycles. The fourth-order valence-electron chi connectivity index (χ4n) is 2.62. The molecule has 0 aromatic heterocycles. The van der Waals surface area contributed by atoms with E-state index in [1.54, 1.807) is 12.1 Å². The largest absolute Gasteiger partial charge is 0.369 e. The predicted octanol–water partition coefficient (Wildman–Crippen LogP) is 2.61. The van der Waals surface area contributed by atoms with Crippen molar-refractivity contribution in [2.75, 3.05) is 0 Å². The van der Waals surface area contributed by atoms with Crippen molar-refractivity contribution in [2.24, 2.45) is 11.7 Å². The Bertz CT molecular complexity index is 467. The van der Waals surface area contributed by atoms with Gasteiger partial charge in [0.15, 0.2) is 0 Å². The van der Waals surface area contributed by atoms with Gasteiger partial charge in [0, 0.05) is 23.2 Å². The number of carbonyl (C=O) groups is 1. The van der Waals surface area contributed by atoms with Gasteiger partial charge >= 0.3 is 0 Å². The molecule has 104 valence electrons. The quantitative estimate of drug-likeness (QED) is 0.893. The van der Waals surface area contributed by atoms with Gasteiger partial charge in [-0.25, -0.2) is 4.39 Å². The van der Waals surface area contributed by atoms with Crippen molar-refractivity contribution in [1.82, 2.24) is 5.32 Å². The Labute approximate surface area is 117 Å². The van der Waals surface area contributed by atoms with Gasteiger partial charge in [0.2, 0.25) is 5.91 Å². The summed E-state index contributed by atoms with van der Waals surface area (Å²) in [6.07, 6.45) is 3.82. The van der Waals surface area contributed by atoms with Gasteiger partial charge < -0.3 is 11.1 Å². The molecule has 1 saturated carbocycles. The molecule has 1 aromatic rings. The van der Waals surface area contributed by atoms with Crippen molar-refractivity contribution >= 4 is 17.5 Å². The molecule has 0 radical (unpaired) electrons. The van der Waals surface area contributed by atoms with Crippen LogP contribution >= 0.6 is 11.6 Å². The Morgan fingerprint density at radius 2 is 2.16 bits per heavy atom. The molecule has 1 fully saturated rings. The van der Waals surface area contributed by atoms with Crippen LogP contribution in [0.5, 0.6) is 0 Å². The first kappa shape index (κ1) is 14.3. The van der Waals surface area contributed by atoms with Gasteiger partial charge in [-0.1, -0.05) is 30.5 Å². The minimum Gasteiger partial charge on any atom is -0.369 e. The summed E-state index contributed by atoms with van der Waals surface area (Å²) in [6, 6.07) is 4.66. The summed E-state index contributed by atoms with van der Waals surface area (Å²) in [7, 11) is 0. The number of amides is 1. The van der Waals surface area contributed by atoms with Crippen LogP contribution in [0.1, 0.15) is 31.2 Å². The average Bonchev–Trinajstić information content (AvgIpc) is 2.38. The smallest absolute Gasteiger partial charge is 0.222 e. The molecule has 2 atom stereocenters. The third-order valence-corrected chi connectivity index (χ3v) is 3.94. The van der Waals surface area contributed by atoms with Gasteiger partial charge in [0.05, 0.1) is 5.92 Å². The van der Waals surface area contributed by atoms with Crippen LogP contribution in [-0.2, 0) is 11.3 Å². The lowest BCUT2D eigenvalue weighted by atomic mass is 9.84. The van der Waals surface area contributed by atoms with Crippen LogP contribution in [0, 0.1) is 11.7 Å². The first-order chi connectivity index (χ1) is 9.08. The van der Waals surface area contributed by atoms with E-state index in [2.05, 4.69) is 5.32 Å². The fourth-order valence-corrected chi connectivity index (χ4v) is 2.78. The molecule has 0 aliphatic heterocycles. The maximum atomic E-state index is 13.6. The highest BCUT2D eigenvalue weighted by molar-refractivity contribution is 6.30. The summed E-state index contributed by atoms with van der Waals surface area (Å²) in [5, 5.41) is 3.63. The molecular weight excluding hydrogens is 267 g/mol. The van der Waals surface area contributed by atoms with E-state index in [-0.39, 0.29) is 23.7 Å². The molecule has 1 aromatic carbocycles. The molecule has 1 aliphatic rings. The second kappa shape index (κ2) is 6.35. The van der Waals surface area contributed by atoms with Gasteiger partial charge in [0.25, 0.3) is 0 Å². The van der Waals surface area contributed by atoms with E-state index in [4.69, 9.17) is 17.3 Å². The van der Waals surface area contributed by atoms with Crippen LogP contribution in [0.3, 0.4) is 0 Å². The SMILES string of the molecule is NC(=O)[C@@H]1CCCC[C@@H]1NCc1ccc(Cl)cc1F. The van der Waals surface area contributed by atoms with E-state index in [0.29, 0.717) is 17.1 Å². The van der Waals surface area contributed by atoms with E-state index in [1.165, 1.54) is 6.07 Å². The topological polar surface area (TPSA) is 55.1 Å². The van der Waals surface area contributed by atoms with Crippen LogP contribution < -0.4 is 11.1 Å². The van der Waals surface area contributed by atoms with Crippen LogP contribution in [0.2, 0.25) is 5.02 Å². The molecule has 0 unspecified atom stereocenters. The monoisotopic (exact) mass is 284 g/mol. The summed E-state index contributed by atoms with van der Waals surface area (Å²) in [6.45, 7) is 0.386. The van der Waals surface area contributed by atoms with Crippen LogP contribution in [0.15, 0.2) is 18.2 Å². The molecular formula is C14H18ClFN2O. The summed E-state index contributed by atoms with van der Waals surface area (Å²) in [5.41, 5.74) is 5.96. The third kappa shape index (κ3) is 3.67. The highest BCUT2D eigenvalue weighted by atomic mass is 35.5. The van der Waals surface area contributed by atoms with E-state index in [0.717, 1.165) is 25.7 Å². The maximum Gasteiger partial charge on any atom is 0.222 e. The Kier molecular flexibility index (Phi) is 4.77. The highest BCUT2D eigenvalue weighted by Gasteiger charge is 2.28. The van der Waals surface area contributed by atoms with Gasteiger partial charge in [0.1, 0.15) is 5.82 Å². The fraction of sp³-hybridized carbons (Fsp3) is 0.500. The molecule has 0 spiro atoms. The van der Waals surface area contributed by atoms with Crippen molar-refractivity contribution in [3.8, 4) is 0 Å². The molecule has 19 heavy (non-hydrogen) atoms. The number of carbonyl (C=O) groups excluding carboxylic acids is 1. The van der Waals surface area contributed by atoms with Crippen molar-refractivity contribution in [3.05, 3.63) is 34.6 Å². The highest BCUT2D eigenvalue weighted by Crippen LogP contribution is 2.24. The number of hydrogen-bond donors (Lipinski definition) is 2. The number of hydrogen-bond acceptors (Lipinski definition) is 2. The van der Waals surface area contributed by atoms with Crippen molar-refractivity contribution in [2.45, 2.75) is 38.3 Å². The Hall–Kier alpha value is -1.13. The Balaban J connectivity index is 1.98.